The maximum atomic E-state index is 5.75. The maximum Gasteiger partial charge on any atom is 0.228 e. The lowest BCUT2D eigenvalue weighted by molar-refractivity contribution is 0.512. The number of nitrogens with zero attached hydrogens (tertiary/aromatic N) is 1. The van der Waals surface area contributed by atoms with E-state index >= 15 is 0 Å². The summed E-state index contributed by atoms with van der Waals surface area (Å²) in [6.45, 7) is 0.670. The van der Waals surface area contributed by atoms with Crippen molar-refractivity contribution in [3.8, 4) is 11.5 Å². The molecule has 0 saturated carbocycles. The van der Waals surface area contributed by atoms with Gasteiger partial charge in [-0.2, -0.15) is 0 Å². The van der Waals surface area contributed by atoms with Crippen molar-refractivity contribution in [1.82, 2.24) is 9.97 Å². The second-order valence-corrected chi connectivity index (χ2v) is 4.27. The monoisotopic (exact) mass is 241 g/mol. The van der Waals surface area contributed by atoms with E-state index in [2.05, 4.69) is 16.0 Å². The number of aromatic amines is 1. The SMILES string of the molecule is NCCCc1cnc(-c2c[nH]c3ccccc23)o1. The molecule has 92 valence electrons. The van der Waals surface area contributed by atoms with Gasteiger partial charge in [0.25, 0.3) is 0 Å². The predicted molar refractivity (Wildman–Crippen MR) is 71.2 cm³/mol. The minimum Gasteiger partial charge on any atom is -0.441 e. The number of hydrogen-bond donors (Lipinski definition) is 2. The summed E-state index contributed by atoms with van der Waals surface area (Å²) in [4.78, 5) is 7.55. The maximum absolute atomic E-state index is 5.75. The molecule has 0 aliphatic carbocycles. The molecule has 0 saturated heterocycles. The van der Waals surface area contributed by atoms with E-state index in [0.29, 0.717) is 12.4 Å². The van der Waals surface area contributed by atoms with Crippen molar-refractivity contribution in [2.45, 2.75) is 12.8 Å². The Morgan fingerprint density at radius 3 is 3.06 bits per heavy atom. The molecule has 0 fully saturated rings. The van der Waals surface area contributed by atoms with Crippen molar-refractivity contribution < 1.29 is 4.42 Å². The van der Waals surface area contributed by atoms with Gasteiger partial charge in [-0.05, 0) is 19.0 Å². The van der Waals surface area contributed by atoms with Crippen molar-refractivity contribution in [1.29, 1.82) is 0 Å². The molecule has 1 aromatic carbocycles. The number of nitrogens with two attached hydrogens (primary N) is 1. The largest absolute Gasteiger partial charge is 0.441 e. The zero-order chi connectivity index (χ0) is 12.4. The lowest BCUT2D eigenvalue weighted by Gasteiger charge is -1.94. The van der Waals surface area contributed by atoms with Crippen LogP contribution in [0.4, 0.5) is 0 Å². The first-order chi connectivity index (χ1) is 8.88. The van der Waals surface area contributed by atoms with Gasteiger partial charge in [-0.3, -0.25) is 0 Å². The quantitative estimate of drug-likeness (QED) is 0.738. The second kappa shape index (κ2) is 4.66. The molecule has 0 bridgehead atoms. The van der Waals surface area contributed by atoms with Crippen molar-refractivity contribution in [3.63, 3.8) is 0 Å². The molecule has 4 nitrogen and oxygen atoms in total. The molecule has 2 aromatic heterocycles. The minimum absolute atomic E-state index is 0.666. The Labute approximate surface area is 105 Å². The summed E-state index contributed by atoms with van der Waals surface area (Å²) in [5.74, 6) is 1.56. The third-order valence-electron chi connectivity index (χ3n) is 3.00. The van der Waals surface area contributed by atoms with Crippen LogP contribution >= 0.6 is 0 Å². The smallest absolute Gasteiger partial charge is 0.228 e. The van der Waals surface area contributed by atoms with E-state index in [1.54, 1.807) is 6.20 Å². The molecular formula is C14H15N3O. The summed E-state index contributed by atoms with van der Waals surface area (Å²) in [7, 11) is 0. The highest BCUT2D eigenvalue weighted by molar-refractivity contribution is 5.93. The first-order valence-electron chi connectivity index (χ1n) is 6.10. The van der Waals surface area contributed by atoms with Gasteiger partial charge in [0, 0.05) is 23.5 Å². The van der Waals surface area contributed by atoms with Gasteiger partial charge in [-0.1, -0.05) is 18.2 Å². The van der Waals surface area contributed by atoms with E-state index in [9.17, 15) is 0 Å². The van der Waals surface area contributed by atoms with E-state index in [1.165, 1.54) is 0 Å². The van der Waals surface area contributed by atoms with Gasteiger partial charge < -0.3 is 15.1 Å². The van der Waals surface area contributed by atoms with Crippen LogP contribution in [0.15, 0.2) is 41.1 Å². The van der Waals surface area contributed by atoms with Crippen molar-refractivity contribution >= 4 is 10.9 Å². The number of hydrogen-bond acceptors (Lipinski definition) is 3. The molecule has 18 heavy (non-hydrogen) atoms. The third kappa shape index (κ3) is 1.91. The summed E-state index contributed by atoms with van der Waals surface area (Å²) in [6, 6.07) is 8.12. The fourth-order valence-corrected chi connectivity index (χ4v) is 2.07. The van der Waals surface area contributed by atoms with Gasteiger partial charge in [0.2, 0.25) is 5.89 Å². The Morgan fingerprint density at radius 2 is 2.17 bits per heavy atom. The van der Waals surface area contributed by atoms with Crippen molar-refractivity contribution in [3.05, 3.63) is 42.4 Å². The Hall–Kier alpha value is -2.07. The second-order valence-electron chi connectivity index (χ2n) is 4.27. The molecule has 0 spiro atoms. The highest BCUT2D eigenvalue weighted by Gasteiger charge is 2.11. The summed E-state index contributed by atoms with van der Waals surface area (Å²) >= 11 is 0. The van der Waals surface area contributed by atoms with Crippen molar-refractivity contribution in [2.24, 2.45) is 5.73 Å². The van der Waals surface area contributed by atoms with Crippen LogP contribution in [0, 0.1) is 0 Å². The van der Waals surface area contributed by atoms with Gasteiger partial charge in [-0.25, -0.2) is 4.98 Å². The highest BCUT2D eigenvalue weighted by atomic mass is 16.4. The zero-order valence-electron chi connectivity index (χ0n) is 10.0. The van der Waals surface area contributed by atoms with Crippen LogP contribution in [0.5, 0.6) is 0 Å². The van der Waals surface area contributed by atoms with E-state index in [-0.39, 0.29) is 0 Å². The number of aryl methyl sites for hydroxylation is 1. The number of nitrogens with one attached hydrogen (secondary N) is 1. The fourth-order valence-electron chi connectivity index (χ4n) is 2.07. The molecule has 0 amide bonds. The van der Waals surface area contributed by atoms with Crippen LogP contribution in [0.25, 0.3) is 22.4 Å². The summed E-state index contributed by atoms with van der Waals surface area (Å²) in [5, 5.41) is 1.13. The molecule has 3 rings (SSSR count). The molecular weight excluding hydrogens is 226 g/mol. The fraction of sp³-hybridized carbons (Fsp3) is 0.214. The molecule has 4 heteroatoms. The van der Waals surface area contributed by atoms with E-state index in [4.69, 9.17) is 10.2 Å². The minimum atomic E-state index is 0.666. The summed E-state index contributed by atoms with van der Waals surface area (Å²) in [6.07, 6.45) is 5.48. The average molecular weight is 241 g/mol. The number of benzene rings is 1. The highest BCUT2D eigenvalue weighted by Crippen LogP contribution is 2.28. The number of oxazole rings is 1. The van der Waals surface area contributed by atoms with Gasteiger partial charge in [0.1, 0.15) is 5.76 Å². The van der Waals surface area contributed by atoms with E-state index in [1.807, 2.05) is 24.4 Å². The number of rotatable bonds is 4. The lowest BCUT2D eigenvalue weighted by atomic mass is 10.2. The molecule has 0 unspecified atom stereocenters. The van der Waals surface area contributed by atoms with Crippen LogP contribution in [-0.4, -0.2) is 16.5 Å². The first kappa shape index (κ1) is 11.0. The van der Waals surface area contributed by atoms with Gasteiger partial charge >= 0.3 is 0 Å². The van der Waals surface area contributed by atoms with Crippen molar-refractivity contribution in [2.75, 3.05) is 6.54 Å². The summed E-state index contributed by atoms with van der Waals surface area (Å²) in [5.41, 5.74) is 7.58. The number of fused-ring (bicyclic) bond motifs is 1. The molecule has 0 atom stereocenters. The van der Waals surface area contributed by atoms with Crippen LogP contribution in [-0.2, 0) is 6.42 Å². The number of para-hydroxylation sites is 1. The van der Waals surface area contributed by atoms with E-state index in [0.717, 1.165) is 35.1 Å². The normalized spacial score (nSPS) is 11.2. The molecule has 0 aliphatic heterocycles. The molecule has 3 N–H and O–H groups in total. The predicted octanol–water partition coefficient (Wildman–Crippen LogP) is 2.71. The van der Waals surface area contributed by atoms with Gasteiger partial charge in [-0.15, -0.1) is 0 Å². The zero-order valence-corrected chi connectivity index (χ0v) is 10.0. The van der Waals surface area contributed by atoms with Crippen LogP contribution in [0.1, 0.15) is 12.2 Å². The molecule has 3 aromatic rings. The Bertz CT molecular complexity index is 654. The van der Waals surface area contributed by atoms with Crippen LogP contribution < -0.4 is 5.73 Å². The Kier molecular flexibility index (Phi) is 2.86. The third-order valence-corrected chi connectivity index (χ3v) is 3.00. The number of H-pyrrole nitrogens is 1. The summed E-state index contributed by atoms with van der Waals surface area (Å²) < 4.78 is 5.75. The Balaban J connectivity index is 1.96. The van der Waals surface area contributed by atoms with Crippen LogP contribution in [0.2, 0.25) is 0 Å². The van der Waals surface area contributed by atoms with Gasteiger partial charge in [0.15, 0.2) is 0 Å². The molecule has 2 heterocycles. The van der Waals surface area contributed by atoms with Gasteiger partial charge in [0.05, 0.1) is 11.8 Å². The topological polar surface area (TPSA) is 67.8 Å². The standard InChI is InChI=1S/C14H15N3O/c15-7-3-4-10-8-17-14(18-10)12-9-16-13-6-2-1-5-11(12)13/h1-2,5-6,8-9,16H,3-4,7,15H2. The lowest BCUT2D eigenvalue weighted by Crippen LogP contribution is -1.99. The molecule has 0 aliphatic rings. The first-order valence-corrected chi connectivity index (χ1v) is 6.10. The Morgan fingerprint density at radius 1 is 1.28 bits per heavy atom. The molecule has 0 radical (unpaired) electrons. The average Bonchev–Trinajstić information content (AvgIpc) is 3.02. The number of aromatic nitrogens is 2. The van der Waals surface area contributed by atoms with Crippen LogP contribution in [0.3, 0.4) is 0 Å². The van der Waals surface area contributed by atoms with E-state index < -0.39 is 0 Å².